The molecule has 172 valence electrons. The number of aromatic nitrogens is 3. The highest BCUT2D eigenvalue weighted by molar-refractivity contribution is 8.12. The molecule has 8 nitrogen and oxygen atoms in total. The lowest BCUT2D eigenvalue weighted by Crippen LogP contribution is -2.52. The Kier molecular flexibility index (Phi) is 4.03. The van der Waals surface area contributed by atoms with Crippen LogP contribution >= 0.6 is 0 Å². The third-order valence-electron chi connectivity index (χ3n) is 7.79. The molecule has 3 unspecified atom stereocenters. The van der Waals surface area contributed by atoms with Gasteiger partial charge in [0, 0.05) is 53.4 Å². The Hall–Kier alpha value is -2.62. The number of piperidine rings is 1. The molecule has 0 spiro atoms. The van der Waals surface area contributed by atoms with Crippen LogP contribution < -0.4 is 9.64 Å². The monoisotopic (exact) mass is 465 g/mol. The molecule has 6 heterocycles. The Morgan fingerprint density at radius 1 is 1.21 bits per heavy atom. The lowest BCUT2D eigenvalue weighted by Gasteiger charge is -2.41. The number of H-pyrrole nitrogens is 1. The minimum Gasteiger partial charge on any atom is -0.486 e. The van der Waals surface area contributed by atoms with Crippen molar-refractivity contribution >= 4 is 31.1 Å². The second kappa shape index (κ2) is 6.71. The fraction of sp³-hybridized carbons (Fsp3) is 0.458. The van der Waals surface area contributed by atoms with Crippen molar-refractivity contribution in [1.29, 1.82) is 0 Å². The van der Waals surface area contributed by atoms with Crippen molar-refractivity contribution in [2.45, 2.75) is 17.2 Å². The lowest BCUT2D eigenvalue weighted by atomic mass is 9.92. The average Bonchev–Trinajstić information content (AvgIpc) is 3.14. The molecule has 1 N–H and O–H groups in total. The first kappa shape index (κ1) is 19.8. The first-order chi connectivity index (χ1) is 16.0. The first-order valence-corrected chi connectivity index (χ1v) is 13.5. The van der Waals surface area contributed by atoms with Gasteiger partial charge >= 0.3 is 0 Å². The van der Waals surface area contributed by atoms with Gasteiger partial charge in [-0.1, -0.05) is 12.1 Å². The molecule has 2 saturated heterocycles. The van der Waals surface area contributed by atoms with E-state index < -0.39 is 14.3 Å². The van der Waals surface area contributed by atoms with E-state index in [2.05, 4.69) is 40.0 Å². The van der Waals surface area contributed by atoms with E-state index in [1.54, 1.807) is 0 Å². The second-order valence-electron chi connectivity index (χ2n) is 9.61. The second-order valence-corrected chi connectivity index (χ2v) is 12.5. The number of hydrogen-bond donors (Lipinski definition) is 1. The zero-order valence-corrected chi connectivity index (χ0v) is 19.7. The zero-order chi connectivity index (χ0) is 22.4. The van der Waals surface area contributed by atoms with E-state index in [0.29, 0.717) is 31.4 Å². The van der Waals surface area contributed by atoms with Gasteiger partial charge in [-0.25, -0.2) is 9.97 Å². The Morgan fingerprint density at radius 2 is 2.12 bits per heavy atom. The molecule has 3 aromatic rings. The molecule has 0 amide bonds. The number of likely N-dealkylation sites (tertiary alicyclic amines) is 1. The number of hydrogen-bond acceptors (Lipinski definition) is 7. The molecule has 0 aliphatic carbocycles. The van der Waals surface area contributed by atoms with Gasteiger partial charge in [-0.3, -0.25) is 4.21 Å². The summed E-state index contributed by atoms with van der Waals surface area (Å²) in [4.78, 5) is 19.2. The van der Waals surface area contributed by atoms with Gasteiger partial charge in [0.05, 0.1) is 19.3 Å². The van der Waals surface area contributed by atoms with Gasteiger partial charge in [-0.15, -0.1) is 0 Å². The van der Waals surface area contributed by atoms with Gasteiger partial charge in [-0.05, 0) is 35.1 Å². The molecule has 2 aromatic heterocycles. The van der Waals surface area contributed by atoms with E-state index in [1.165, 1.54) is 0 Å². The molecule has 33 heavy (non-hydrogen) atoms. The number of nitrogens with zero attached hydrogens (tertiary/aromatic N) is 4. The van der Waals surface area contributed by atoms with Gasteiger partial charge in [0.25, 0.3) is 0 Å². The molecule has 0 radical (unpaired) electrons. The average molecular weight is 466 g/mol. The Bertz CT molecular complexity index is 1420. The predicted molar refractivity (Wildman–Crippen MR) is 130 cm³/mol. The van der Waals surface area contributed by atoms with Crippen LogP contribution in [0.1, 0.15) is 12.1 Å². The summed E-state index contributed by atoms with van der Waals surface area (Å²) in [6, 6.07) is 8.34. The van der Waals surface area contributed by atoms with E-state index in [4.69, 9.17) is 19.4 Å². The van der Waals surface area contributed by atoms with E-state index in [-0.39, 0.29) is 6.04 Å². The van der Waals surface area contributed by atoms with Crippen LogP contribution in [0.5, 0.6) is 5.75 Å². The fourth-order valence-corrected chi connectivity index (χ4v) is 9.01. The van der Waals surface area contributed by atoms with Crippen LogP contribution in [0.2, 0.25) is 0 Å². The number of aromatic amines is 1. The van der Waals surface area contributed by atoms with Gasteiger partial charge in [0.1, 0.15) is 17.0 Å². The van der Waals surface area contributed by atoms with Crippen molar-refractivity contribution < 1.29 is 13.7 Å². The van der Waals surface area contributed by atoms with Crippen LogP contribution in [-0.2, 0) is 19.0 Å². The quantitative estimate of drug-likeness (QED) is 0.579. The highest BCUT2D eigenvalue weighted by atomic mass is 32.2. The first-order valence-electron chi connectivity index (χ1n) is 11.5. The Labute approximate surface area is 192 Å². The summed E-state index contributed by atoms with van der Waals surface area (Å²) >= 11 is 0. The zero-order valence-electron chi connectivity index (χ0n) is 18.8. The third-order valence-corrected chi connectivity index (χ3v) is 11.0. The van der Waals surface area contributed by atoms with Crippen LogP contribution in [0, 0.1) is 0 Å². The number of benzene rings is 1. The van der Waals surface area contributed by atoms with Crippen molar-refractivity contribution in [3.05, 3.63) is 36.2 Å². The van der Waals surface area contributed by atoms with Gasteiger partial charge in [-0.2, -0.15) is 0 Å². The number of anilines is 1. The molecule has 4 aliphatic rings. The fourth-order valence-electron chi connectivity index (χ4n) is 5.90. The van der Waals surface area contributed by atoms with Crippen molar-refractivity contribution in [2.24, 2.45) is 0 Å². The van der Waals surface area contributed by atoms with Crippen LogP contribution in [-0.4, -0.2) is 87.7 Å². The molecule has 0 saturated carbocycles. The van der Waals surface area contributed by atoms with E-state index in [0.717, 1.165) is 58.9 Å². The largest absolute Gasteiger partial charge is 0.486 e. The minimum absolute atomic E-state index is 0.133. The smallest absolute Gasteiger partial charge is 0.185 e. The van der Waals surface area contributed by atoms with Crippen LogP contribution in [0.3, 0.4) is 0 Å². The van der Waals surface area contributed by atoms with E-state index in [9.17, 15) is 4.21 Å². The minimum atomic E-state index is -2.17. The SMILES string of the molecule is CN1CCC2(c3nc(-c4cccc5[nH]ccc45)nc4c3OCC3COCCN43)C(=S2(C)=O)C1. The molecule has 3 atom stereocenters. The summed E-state index contributed by atoms with van der Waals surface area (Å²) in [7, 11) is -0.0812. The number of rotatable bonds is 2. The lowest BCUT2D eigenvalue weighted by molar-refractivity contribution is 0.0691. The standard InChI is InChI=1S/C24H27N5O3S/c1-28-9-7-24(19(12-28)33(24,2)30)21-20-23(29-10-11-31-13-15(29)14-32-20)27-22(26-21)17-4-3-5-18-16(17)6-8-25-18/h3-6,8,15,25H,7,9-14H2,1-2H3. The van der Waals surface area contributed by atoms with Crippen molar-refractivity contribution in [3.8, 4) is 17.1 Å². The Morgan fingerprint density at radius 3 is 3.00 bits per heavy atom. The maximum Gasteiger partial charge on any atom is 0.185 e. The molecular weight excluding hydrogens is 438 g/mol. The van der Waals surface area contributed by atoms with Crippen molar-refractivity contribution in [1.82, 2.24) is 19.9 Å². The number of morpholine rings is 1. The number of fused-ring (bicyclic) bond motifs is 5. The summed E-state index contributed by atoms with van der Waals surface area (Å²) in [6.07, 6.45) is 4.64. The summed E-state index contributed by atoms with van der Waals surface area (Å²) < 4.78 is 25.4. The number of ether oxygens (including phenoxy) is 2. The van der Waals surface area contributed by atoms with Gasteiger partial charge < -0.3 is 24.3 Å². The van der Waals surface area contributed by atoms with Crippen LogP contribution in [0.15, 0.2) is 30.5 Å². The van der Waals surface area contributed by atoms with Crippen LogP contribution in [0.25, 0.3) is 22.3 Å². The number of nitrogens with one attached hydrogen (secondary N) is 1. The molecular formula is C24H27N5O3S. The normalized spacial score (nSPS) is 31.0. The van der Waals surface area contributed by atoms with E-state index >= 15 is 0 Å². The molecule has 7 rings (SSSR count). The summed E-state index contributed by atoms with van der Waals surface area (Å²) in [5, 5.41) is 1.08. The summed E-state index contributed by atoms with van der Waals surface area (Å²) in [5.41, 5.74) is 2.84. The van der Waals surface area contributed by atoms with Crippen molar-refractivity contribution in [3.63, 3.8) is 0 Å². The van der Waals surface area contributed by atoms with Crippen molar-refractivity contribution in [2.75, 3.05) is 57.7 Å². The molecule has 4 aliphatic heterocycles. The topological polar surface area (TPSA) is 83.6 Å². The Balaban J connectivity index is 1.48. The predicted octanol–water partition coefficient (Wildman–Crippen LogP) is 1.85. The molecule has 1 aromatic carbocycles. The van der Waals surface area contributed by atoms with Gasteiger partial charge in [0.15, 0.2) is 17.4 Å². The molecule has 2 fully saturated rings. The molecule has 0 bridgehead atoms. The van der Waals surface area contributed by atoms with Crippen LogP contribution in [0.4, 0.5) is 5.82 Å². The maximum absolute atomic E-state index is 13.9. The van der Waals surface area contributed by atoms with Gasteiger partial charge in [0.2, 0.25) is 0 Å². The summed E-state index contributed by atoms with van der Waals surface area (Å²) in [5.74, 6) is 2.20. The highest BCUT2D eigenvalue weighted by Crippen LogP contribution is 2.55. The third kappa shape index (κ3) is 2.58. The summed E-state index contributed by atoms with van der Waals surface area (Å²) in [6.45, 7) is 4.22. The maximum atomic E-state index is 13.9. The molecule has 9 heteroatoms. The highest BCUT2D eigenvalue weighted by Gasteiger charge is 2.63. The van der Waals surface area contributed by atoms with E-state index in [1.807, 2.05) is 18.5 Å².